The van der Waals surface area contributed by atoms with Crippen molar-refractivity contribution in [3.8, 4) is 0 Å². The number of piperidine rings is 2. The number of anilines is 2. The molecule has 3 saturated heterocycles. The van der Waals surface area contributed by atoms with Crippen LogP contribution in [0.3, 0.4) is 0 Å². The van der Waals surface area contributed by atoms with Crippen molar-refractivity contribution >= 4 is 29.2 Å². The molecule has 0 saturated carbocycles. The smallest absolute Gasteiger partial charge is 0.321 e. The van der Waals surface area contributed by atoms with Crippen LogP contribution in [0.5, 0.6) is 0 Å². The Bertz CT molecular complexity index is 1110. The van der Waals surface area contributed by atoms with E-state index in [1.165, 1.54) is 0 Å². The zero-order valence-electron chi connectivity index (χ0n) is 21.0. The minimum Gasteiger partial charge on any atom is -0.341 e. The first-order valence-corrected chi connectivity index (χ1v) is 13.0. The highest BCUT2D eigenvalue weighted by atomic mass is 16.2. The maximum atomic E-state index is 13.9. The van der Waals surface area contributed by atoms with Crippen molar-refractivity contribution in [2.45, 2.75) is 44.6 Å². The van der Waals surface area contributed by atoms with Crippen LogP contribution in [0.4, 0.5) is 16.2 Å². The number of nitrogens with zero attached hydrogens (tertiary/aromatic N) is 4. The van der Waals surface area contributed by atoms with E-state index in [9.17, 15) is 14.4 Å². The van der Waals surface area contributed by atoms with E-state index in [0.717, 1.165) is 49.3 Å². The molecule has 3 aliphatic rings. The number of rotatable bonds is 4. The Morgan fingerprint density at radius 2 is 1.53 bits per heavy atom. The standard InChI is InChI=1S/C28H35N5O3/c1-22-10-6-7-13-24(22)29-27(36)31-18-14-28(15-19-31)26(35)32(20-25(34)30-16-8-3-9-17-30)21-33(28)23-11-4-2-5-12-23/h2,4-7,10-13H,3,8-9,14-21H2,1H3,(H,29,36). The van der Waals surface area contributed by atoms with Crippen LogP contribution < -0.4 is 10.2 Å². The van der Waals surface area contributed by atoms with E-state index in [4.69, 9.17) is 0 Å². The number of carbonyl (C=O) groups excluding carboxylic acids is 3. The van der Waals surface area contributed by atoms with Crippen molar-refractivity contribution in [3.05, 3.63) is 60.2 Å². The quantitative estimate of drug-likeness (QED) is 0.711. The molecule has 1 N–H and O–H groups in total. The Balaban J connectivity index is 1.31. The van der Waals surface area contributed by atoms with Crippen LogP contribution in [-0.2, 0) is 9.59 Å². The second kappa shape index (κ2) is 10.2. The fourth-order valence-corrected chi connectivity index (χ4v) is 5.72. The van der Waals surface area contributed by atoms with Crippen LogP contribution >= 0.6 is 0 Å². The van der Waals surface area contributed by atoms with Crippen LogP contribution in [-0.4, -0.2) is 77.5 Å². The average molecular weight is 490 g/mol. The number of amides is 4. The number of benzene rings is 2. The van der Waals surface area contributed by atoms with E-state index in [2.05, 4.69) is 10.2 Å². The van der Waals surface area contributed by atoms with Crippen LogP contribution in [0.2, 0.25) is 0 Å². The van der Waals surface area contributed by atoms with Gasteiger partial charge in [-0.3, -0.25) is 9.59 Å². The highest BCUT2D eigenvalue weighted by Gasteiger charge is 2.54. The maximum absolute atomic E-state index is 13.9. The summed E-state index contributed by atoms with van der Waals surface area (Å²) in [6.45, 7) is 4.97. The third kappa shape index (κ3) is 4.64. The molecule has 0 atom stereocenters. The Labute approximate surface area is 212 Å². The lowest BCUT2D eigenvalue weighted by Crippen LogP contribution is -2.58. The molecule has 0 radical (unpaired) electrons. The first kappa shape index (κ1) is 24.2. The lowest BCUT2D eigenvalue weighted by Gasteiger charge is -2.43. The van der Waals surface area contributed by atoms with Crippen molar-refractivity contribution in [3.63, 3.8) is 0 Å². The molecule has 8 nitrogen and oxygen atoms in total. The lowest BCUT2D eigenvalue weighted by atomic mass is 9.85. The first-order valence-electron chi connectivity index (χ1n) is 13.0. The van der Waals surface area contributed by atoms with E-state index >= 15 is 0 Å². The monoisotopic (exact) mass is 489 g/mol. The number of urea groups is 1. The van der Waals surface area contributed by atoms with Gasteiger partial charge in [0.25, 0.3) is 5.91 Å². The fraction of sp³-hybridized carbons (Fsp3) is 0.464. The second-order valence-electron chi connectivity index (χ2n) is 10.1. The second-order valence-corrected chi connectivity index (χ2v) is 10.1. The lowest BCUT2D eigenvalue weighted by molar-refractivity contribution is -0.141. The van der Waals surface area contributed by atoms with E-state index in [0.29, 0.717) is 32.6 Å². The highest BCUT2D eigenvalue weighted by Crippen LogP contribution is 2.39. The number of nitrogens with one attached hydrogen (secondary N) is 1. The van der Waals surface area contributed by atoms with E-state index in [1.807, 2.05) is 66.4 Å². The predicted octanol–water partition coefficient (Wildman–Crippen LogP) is 3.68. The summed E-state index contributed by atoms with van der Waals surface area (Å²) in [4.78, 5) is 47.4. The zero-order valence-corrected chi connectivity index (χ0v) is 21.0. The Morgan fingerprint density at radius 3 is 2.22 bits per heavy atom. The van der Waals surface area contributed by atoms with Gasteiger partial charge in [-0.25, -0.2) is 4.79 Å². The minimum atomic E-state index is -0.747. The molecule has 190 valence electrons. The molecular weight excluding hydrogens is 454 g/mol. The molecule has 0 aliphatic carbocycles. The molecule has 3 aliphatic heterocycles. The van der Waals surface area contributed by atoms with Gasteiger partial charge in [-0.05, 0) is 62.8 Å². The molecule has 0 aromatic heterocycles. The Hall–Kier alpha value is -3.55. The Kier molecular flexibility index (Phi) is 6.85. The Morgan fingerprint density at radius 1 is 0.861 bits per heavy atom. The molecule has 3 fully saturated rings. The maximum Gasteiger partial charge on any atom is 0.321 e. The van der Waals surface area contributed by atoms with Gasteiger partial charge in [0.2, 0.25) is 5.91 Å². The molecule has 5 rings (SSSR count). The number of hydrogen-bond donors (Lipinski definition) is 1. The van der Waals surface area contributed by atoms with Crippen molar-refractivity contribution in [2.24, 2.45) is 0 Å². The van der Waals surface area contributed by atoms with Gasteiger partial charge in [-0.15, -0.1) is 0 Å². The van der Waals surface area contributed by atoms with Gasteiger partial charge in [0.05, 0.1) is 6.67 Å². The van der Waals surface area contributed by atoms with Gasteiger partial charge in [-0.1, -0.05) is 36.4 Å². The van der Waals surface area contributed by atoms with Gasteiger partial charge >= 0.3 is 6.03 Å². The summed E-state index contributed by atoms with van der Waals surface area (Å²) in [5.41, 5.74) is 2.03. The number of para-hydroxylation sites is 2. The normalized spacial score (nSPS) is 19.6. The van der Waals surface area contributed by atoms with Crippen LogP contribution in [0, 0.1) is 6.92 Å². The third-order valence-corrected chi connectivity index (χ3v) is 7.88. The number of likely N-dealkylation sites (tertiary alicyclic amines) is 2. The fourth-order valence-electron chi connectivity index (χ4n) is 5.72. The van der Waals surface area contributed by atoms with Crippen molar-refractivity contribution < 1.29 is 14.4 Å². The van der Waals surface area contributed by atoms with E-state index in [-0.39, 0.29) is 24.4 Å². The molecule has 0 bridgehead atoms. The predicted molar refractivity (Wildman–Crippen MR) is 140 cm³/mol. The molecule has 1 spiro atoms. The number of hydrogen-bond acceptors (Lipinski definition) is 4. The number of carbonyl (C=O) groups is 3. The summed E-state index contributed by atoms with van der Waals surface area (Å²) in [6, 6.07) is 17.5. The third-order valence-electron chi connectivity index (χ3n) is 7.88. The minimum absolute atomic E-state index is 0.00401. The molecule has 8 heteroatoms. The first-order chi connectivity index (χ1) is 17.5. The van der Waals surface area contributed by atoms with Gasteiger partial charge in [0.1, 0.15) is 12.1 Å². The molecule has 36 heavy (non-hydrogen) atoms. The van der Waals surface area contributed by atoms with Crippen LogP contribution in [0.25, 0.3) is 0 Å². The van der Waals surface area contributed by atoms with Crippen molar-refractivity contribution in [1.29, 1.82) is 0 Å². The summed E-state index contributed by atoms with van der Waals surface area (Å²) in [5, 5.41) is 3.01. The van der Waals surface area contributed by atoms with Crippen LogP contribution in [0.15, 0.2) is 54.6 Å². The van der Waals surface area contributed by atoms with Gasteiger partial charge < -0.3 is 24.9 Å². The van der Waals surface area contributed by atoms with Gasteiger partial charge in [0, 0.05) is 37.6 Å². The van der Waals surface area contributed by atoms with E-state index < -0.39 is 5.54 Å². The van der Waals surface area contributed by atoms with Crippen LogP contribution in [0.1, 0.15) is 37.7 Å². The zero-order chi connectivity index (χ0) is 25.1. The van der Waals surface area contributed by atoms with Crippen molar-refractivity contribution in [1.82, 2.24) is 14.7 Å². The molecule has 2 aromatic rings. The highest BCUT2D eigenvalue weighted by molar-refractivity contribution is 5.97. The SMILES string of the molecule is Cc1ccccc1NC(=O)N1CCC2(CC1)C(=O)N(CC(=O)N1CCCCC1)CN2c1ccccc1. The molecule has 0 unspecified atom stereocenters. The summed E-state index contributed by atoms with van der Waals surface area (Å²) in [6.07, 6.45) is 4.26. The summed E-state index contributed by atoms with van der Waals surface area (Å²) in [7, 11) is 0. The molecular formula is C28H35N5O3. The van der Waals surface area contributed by atoms with E-state index in [1.54, 1.807) is 9.80 Å². The van der Waals surface area contributed by atoms with Gasteiger partial charge in [-0.2, -0.15) is 0 Å². The summed E-state index contributed by atoms with van der Waals surface area (Å²) in [5.74, 6) is 0.0267. The van der Waals surface area contributed by atoms with Crippen molar-refractivity contribution in [2.75, 3.05) is 49.6 Å². The topological polar surface area (TPSA) is 76.2 Å². The average Bonchev–Trinajstić information content (AvgIpc) is 3.17. The summed E-state index contributed by atoms with van der Waals surface area (Å²) < 4.78 is 0. The molecule has 2 aromatic carbocycles. The summed E-state index contributed by atoms with van der Waals surface area (Å²) >= 11 is 0. The molecule has 3 heterocycles. The molecule has 4 amide bonds. The van der Waals surface area contributed by atoms with Gasteiger partial charge in [0.15, 0.2) is 0 Å². The number of aryl methyl sites for hydroxylation is 1. The largest absolute Gasteiger partial charge is 0.341 e.